The molecule has 1 amide bonds. The lowest BCUT2D eigenvalue weighted by atomic mass is 10.1. The highest BCUT2D eigenvalue weighted by molar-refractivity contribution is 5.99. The zero-order chi connectivity index (χ0) is 13.8. The molecule has 3 N–H and O–H groups in total. The highest BCUT2D eigenvalue weighted by Gasteiger charge is 2.15. The van der Waals surface area contributed by atoms with E-state index in [2.05, 4.69) is 10.2 Å². The maximum Gasteiger partial charge on any atom is 0.253 e. The van der Waals surface area contributed by atoms with Gasteiger partial charge >= 0.3 is 0 Å². The molecule has 1 aromatic rings. The summed E-state index contributed by atoms with van der Waals surface area (Å²) in [5.74, 6) is -2.60. The molecule has 0 aliphatic carbocycles. The van der Waals surface area contributed by atoms with E-state index in [1.807, 2.05) is 0 Å². The van der Waals surface area contributed by atoms with E-state index in [0.717, 1.165) is 31.8 Å². The summed E-state index contributed by atoms with van der Waals surface area (Å²) in [5, 5.41) is 2.66. The first-order chi connectivity index (χ1) is 9.08. The molecule has 6 heteroatoms. The quantitative estimate of drug-likeness (QED) is 0.812. The summed E-state index contributed by atoms with van der Waals surface area (Å²) in [5.41, 5.74) is 5.42. The monoisotopic (exact) mass is 269 g/mol. The number of benzene rings is 1. The number of halogens is 2. The van der Waals surface area contributed by atoms with Crippen LogP contribution in [0, 0.1) is 11.6 Å². The first-order valence-corrected chi connectivity index (χ1v) is 6.33. The average Bonchev–Trinajstić information content (AvgIpc) is 2.86. The van der Waals surface area contributed by atoms with Gasteiger partial charge in [-0.2, -0.15) is 0 Å². The molecule has 1 aliphatic heterocycles. The number of carbonyl (C=O) groups is 1. The zero-order valence-electron chi connectivity index (χ0n) is 10.6. The van der Waals surface area contributed by atoms with E-state index in [1.165, 1.54) is 12.8 Å². The van der Waals surface area contributed by atoms with Crippen molar-refractivity contribution < 1.29 is 13.6 Å². The molecule has 0 bridgehead atoms. The Morgan fingerprint density at radius 1 is 1.26 bits per heavy atom. The fourth-order valence-electron chi connectivity index (χ4n) is 2.19. The van der Waals surface area contributed by atoms with Crippen molar-refractivity contribution in [2.24, 2.45) is 0 Å². The molecule has 1 aromatic carbocycles. The highest BCUT2D eigenvalue weighted by atomic mass is 19.2. The van der Waals surface area contributed by atoms with Crippen LogP contribution in [0.5, 0.6) is 0 Å². The van der Waals surface area contributed by atoms with Crippen molar-refractivity contribution >= 4 is 11.6 Å². The summed E-state index contributed by atoms with van der Waals surface area (Å²) >= 11 is 0. The predicted molar refractivity (Wildman–Crippen MR) is 68.8 cm³/mol. The van der Waals surface area contributed by atoms with Crippen LogP contribution >= 0.6 is 0 Å². The van der Waals surface area contributed by atoms with Crippen LogP contribution in [0.4, 0.5) is 14.5 Å². The Kier molecular flexibility index (Phi) is 4.31. The lowest BCUT2D eigenvalue weighted by Crippen LogP contribution is -2.33. The number of carbonyl (C=O) groups excluding carboxylic acids is 1. The molecule has 1 aliphatic rings. The number of likely N-dealkylation sites (tertiary alicyclic amines) is 1. The molecule has 0 saturated carbocycles. The standard InChI is InChI=1S/C13H17F2N3O/c14-10-7-9(12(16)8-11(10)15)13(19)17-3-6-18-4-1-2-5-18/h7-8H,1-6,16H2,(H,17,19). The molecule has 1 saturated heterocycles. The number of nitrogens with two attached hydrogens (primary N) is 1. The van der Waals surface area contributed by atoms with Crippen LogP contribution in [0.15, 0.2) is 12.1 Å². The van der Waals surface area contributed by atoms with Gasteiger partial charge in [-0.3, -0.25) is 4.79 Å². The Balaban J connectivity index is 1.90. The lowest BCUT2D eigenvalue weighted by Gasteiger charge is -2.15. The van der Waals surface area contributed by atoms with Crippen molar-refractivity contribution in [2.75, 3.05) is 31.9 Å². The first-order valence-electron chi connectivity index (χ1n) is 6.33. The van der Waals surface area contributed by atoms with Crippen LogP contribution in [0.2, 0.25) is 0 Å². The molecule has 2 rings (SSSR count). The summed E-state index contributed by atoms with van der Waals surface area (Å²) in [6.45, 7) is 3.32. The van der Waals surface area contributed by atoms with Crippen LogP contribution in [-0.2, 0) is 0 Å². The molecule has 0 atom stereocenters. The largest absolute Gasteiger partial charge is 0.398 e. The molecule has 19 heavy (non-hydrogen) atoms. The summed E-state index contributed by atoms with van der Waals surface area (Å²) in [6, 6.07) is 1.65. The van der Waals surface area contributed by atoms with Crippen molar-refractivity contribution in [3.8, 4) is 0 Å². The van der Waals surface area contributed by atoms with Crippen molar-refractivity contribution in [2.45, 2.75) is 12.8 Å². The van der Waals surface area contributed by atoms with Crippen LogP contribution in [0.3, 0.4) is 0 Å². The van der Waals surface area contributed by atoms with E-state index in [9.17, 15) is 13.6 Å². The van der Waals surface area contributed by atoms with Gasteiger partial charge < -0.3 is 16.0 Å². The van der Waals surface area contributed by atoms with Crippen LogP contribution in [0.1, 0.15) is 23.2 Å². The normalized spacial score (nSPS) is 15.7. The van der Waals surface area contributed by atoms with Gasteiger partial charge in [-0.25, -0.2) is 8.78 Å². The molecule has 0 radical (unpaired) electrons. The molecule has 0 unspecified atom stereocenters. The Bertz CT molecular complexity index is 473. The smallest absolute Gasteiger partial charge is 0.253 e. The van der Waals surface area contributed by atoms with Crippen LogP contribution in [-0.4, -0.2) is 37.0 Å². The van der Waals surface area contributed by atoms with Crippen LogP contribution < -0.4 is 11.1 Å². The minimum Gasteiger partial charge on any atom is -0.398 e. The van der Waals surface area contributed by atoms with Crippen molar-refractivity contribution in [1.82, 2.24) is 10.2 Å². The maximum absolute atomic E-state index is 13.1. The number of rotatable bonds is 4. The second kappa shape index (κ2) is 5.97. The second-order valence-corrected chi connectivity index (χ2v) is 4.66. The number of nitrogen functional groups attached to an aromatic ring is 1. The minimum absolute atomic E-state index is 0.0275. The fraction of sp³-hybridized carbons (Fsp3) is 0.462. The van der Waals surface area contributed by atoms with Gasteiger partial charge in [0, 0.05) is 24.8 Å². The number of hydrogen-bond donors (Lipinski definition) is 2. The van der Waals surface area contributed by atoms with Crippen LogP contribution in [0.25, 0.3) is 0 Å². The predicted octanol–water partition coefficient (Wildman–Crippen LogP) is 1.37. The van der Waals surface area contributed by atoms with Crippen molar-refractivity contribution in [3.05, 3.63) is 29.3 Å². The van der Waals surface area contributed by atoms with E-state index in [-0.39, 0.29) is 11.3 Å². The minimum atomic E-state index is -1.07. The maximum atomic E-state index is 13.1. The van der Waals surface area contributed by atoms with E-state index in [1.54, 1.807) is 0 Å². The first kappa shape index (κ1) is 13.7. The van der Waals surface area contributed by atoms with Gasteiger partial charge in [0.2, 0.25) is 0 Å². The molecule has 0 spiro atoms. The Hall–Kier alpha value is -1.69. The molecule has 104 valence electrons. The SMILES string of the molecule is Nc1cc(F)c(F)cc1C(=O)NCCN1CCCC1. The van der Waals surface area contributed by atoms with Crippen molar-refractivity contribution in [3.63, 3.8) is 0 Å². The summed E-state index contributed by atoms with van der Waals surface area (Å²) in [4.78, 5) is 14.0. The number of nitrogens with zero attached hydrogens (tertiary/aromatic N) is 1. The number of hydrogen-bond acceptors (Lipinski definition) is 3. The number of nitrogens with one attached hydrogen (secondary N) is 1. The third-order valence-corrected chi connectivity index (χ3v) is 3.25. The fourth-order valence-corrected chi connectivity index (χ4v) is 2.19. The summed E-state index contributed by atoms with van der Waals surface area (Å²) in [6.07, 6.45) is 2.37. The average molecular weight is 269 g/mol. The molecule has 4 nitrogen and oxygen atoms in total. The van der Waals surface area contributed by atoms with E-state index in [4.69, 9.17) is 5.73 Å². The highest BCUT2D eigenvalue weighted by Crippen LogP contribution is 2.16. The van der Waals surface area contributed by atoms with Gasteiger partial charge in [0.05, 0.1) is 5.56 Å². The van der Waals surface area contributed by atoms with E-state index >= 15 is 0 Å². The van der Waals surface area contributed by atoms with Gasteiger partial charge in [0.15, 0.2) is 11.6 Å². The Labute approximate surface area is 110 Å². The van der Waals surface area contributed by atoms with Gasteiger partial charge in [0.1, 0.15) is 0 Å². The number of anilines is 1. The van der Waals surface area contributed by atoms with E-state index < -0.39 is 17.5 Å². The molecular weight excluding hydrogens is 252 g/mol. The Morgan fingerprint density at radius 3 is 2.58 bits per heavy atom. The van der Waals surface area contributed by atoms with Gasteiger partial charge in [-0.1, -0.05) is 0 Å². The topological polar surface area (TPSA) is 58.4 Å². The molecule has 0 aromatic heterocycles. The number of amides is 1. The zero-order valence-corrected chi connectivity index (χ0v) is 10.6. The van der Waals surface area contributed by atoms with E-state index in [0.29, 0.717) is 6.54 Å². The van der Waals surface area contributed by atoms with Gasteiger partial charge in [-0.15, -0.1) is 0 Å². The third-order valence-electron chi connectivity index (χ3n) is 3.25. The molecule has 1 heterocycles. The Morgan fingerprint density at radius 2 is 1.89 bits per heavy atom. The molecular formula is C13H17F2N3O. The third kappa shape index (κ3) is 3.41. The summed E-state index contributed by atoms with van der Waals surface area (Å²) < 4.78 is 26.0. The molecule has 1 fully saturated rings. The van der Waals surface area contributed by atoms with Gasteiger partial charge in [-0.05, 0) is 32.0 Å². The van der Waals surface area contributed by atoms with Gasteiger partial charge in [0.25, 0.3) is 5.91 Å². The van der Waals surface area contributed by atoms with Crippen molar-refractivity contribution in [1.29, 1.82) is 0 Å². The summed E-state index contributed by atoms with van der Waals surface area (Å²) in [7, 11) is 0. The second-order valence-electron chi connectivity index (χ2n) is 4.66. The lowest BCUT2D eigenvalue weighted by molar-refractivity contribution is 0.0950.